The summed E-state index contributed by atoms with van der Waals surface area (Å²) >= 11 is 0. The van der Waals surface area contributed by atoms with Gasteiger partial charge in [-0.15, -0.1) is 0 Å². The summed E-state index contributed by atoms with van der Waals surface area (Å²) in [6.07, 6.45) is 0. The van der Waals surface area contributed by atoms with Gasteiger partial charge in [0.05, 0.1) is 5.69 Å². The van der Waals surface area contributed by atoms with Crippen molar-refractivity contribution in [1.29, 1.82) is 0 Å². The third-order valence-corrected chi connectivity index (χ3v) is 3.59. The Balaban J connectivity index is 2.12. The zero-order valence-corrected chi connectivity index (χ0v) is 13.6. The molecule has 6 heteroatoms. The van der Waals surface area contributed by atoms with Gasteiger partial charge in [-0.3, -0.25) is 9.59 Å². The van der Waals surface area contributed by atoms with Gasteiger partial charge in [-0.05, 0) is 50.6 Å². The van der Waals surface area contributed by atoms with Crippen LogP contribution in [0.1, 0.15) is 19.4 Å². The van der Waals surface area contributed by atoms with Crippen molar-refractivity contribution in [3.05, 3.63) is 59.7 Å². The number of carbonyl (C=O) groups is 2. The van der Waals surface area contributed by atoms with E-state index in [9.17, 15) is 18.4 Å². The lowest BCUT2D eigenvalue weighted by Crippen LogP contribution is -2.41. The number of anilines is 2. The van der Waals surface area contributed by atoms with Crippen molar-refractivity contribution < 1.29 is 18.4 Å². The number of carbonyl (C=O) groups excluding carboxylic acids is 2. The van der Waals surface area contributed by atoms with Gasteiger partial charge in [0, 0.05) is 11.8 Å². The maximum absolute atomic E-state index is 13.6. The second-order valence-corrected chi connectivity index (χ2v) is 6.03. The van der Waals surface area contributed by atoms with E-state index in [4.69, 9.17) is 0 Å². The maximum Gasteiger partial charge on any atom is 0.239 e. The first-order valence-electron chi connectivity index (χ1n) is 7.35. The van der Waals surface area contributed by atoms with Gasteiger partial charge in [0.2, 0.25) is 11.8 Å². The zero-order chi connectivity index (χ0) is 17.9. The Hall–Kier alpha value is -2.76. The molecule has 0 fully saturated rings. The molecule has 2 N–H and O–H groups in total. The third-order valence-electron chi connectivity index (χ3n) is 3.59. The van der Waals surface area contributed by atoms with Crippen LogP contribution in [0.5, 0.6) is 0 Å². The molecule has 0 spiro atoms. The molecule has 0 aliphatic rings. The lowest BCUT2D eigenvalue weighted by molar-refractivity contribution is -0.135. The number of rotatable bonds is 4. The summed E-state index contributed by atoms with van der Waals surface area (Å²) in [5.74, 6) is -2.88. The van der Waals surface area contributed by atoms with Crippen LogP contribution in [-0.4, -0.2) is 11.8 Å². The topological polar surface area (TPSA) is 58.2 Å². The molecule has 0 aliphatic carbocycles. The first-order valence-corrected chi connectivity index (χ1v) is 7.35. The highest BCUT2D eigenvalue weighted by molar-refractivity contribution is 6.14. The molecule has 24 heavy (non-hydrogen) atoms. The number of hydrogen-bond donors (Lipinski definition) is 2. The van der Waals surface area contributed by atoms with E-state index in [2.05, 4.69) is 10.6 Å². The molecule has 0 heterocycles. The summed E-state index contributed by atoms with van der Waals surface area (Å²) in [6.45, 7) is 4.73. The normalized spacial score (nSPS) is 11.0. The largest absolute Gasteiger partial charge is 0.325 e. The van der Waals surface area contributed by atoms with Crippen LogP contribution in [0.25, 0.3) is 0 Å². The fourth-order valence-corrected chi connectivity index (χ4v) is 1.98. The summed E-state index contributed by atoms with van der Waals surface area (Å²) < 4.78 is 26.5. The highest BCUT2D eigenvalue weighted by Crippen LogP contribution is 2.23. The van der Waals surface area contributed by atoms with Crippen molar-refractivity contribution in [3.8, 4) is 0 Å². The predicted octanol–water partition coefficient (Wildman–Crippen LogP) is 3.88. The molecule has 0 saturated heterocycles. The summed E-state index contributed by atoms with van der Waals surface area (Å²) in [5, 5.41) is 4.97. The first-order chi connectivity index (χ1) is 11.2. The predicted molar refractivity (Wildman–Crippen MR) is 88.6 cm³/mol. The Kier molecular flexibility index (Phi) is 4.97. The molecule has 126 valence electrons. The van der Waals surface area contributed by atoms with Crippen molar-refractivity contribution >= 4 is 23.2 Å². The first kappa shape index (κ1) is 17.6. The van der Waals surface area contributed by atoms with Crippen LogP contribution in [0.4, 0.5) is 20.2 Å². The van der Waals surface area contributed by atoms with Crippen molar-refractivity contribution in [2.24, 2.45) is 5.41 Å². The van der Waals surface area contributed by atoms with Crippen LogP contribution in [0.15, 0.2) is 42.5 Å². The number of amides is 2. The standard InChI is InChI=1S/C18H18F2N2O2/c1-11-5-4-6-13(9-11)21-16(23)18(2,3)17(24)22-15-8-7-12(19)10-14(15)20/h4-10H,1-3H3,(H,21,23)(H,22,24). The van der Waals surface area contributed by atoms with Crippen molar-refractivity contribution in [1.82, 2.24) is 0 Å². The van der Waals surface area contributed by atoms with Gasteiger partial charge < -0.3 is 10.6 Å². The van der Waals surface area contributed by atoms with E-state index in [1.54, 1.807) is 18.2 Å². The highest BCUT2D eigenvalue weighted by Gasteiger charge is 2.36. The van der Waals surface area contributed by atoms with E-state index in [0.29, 0.717) is 11.8 Å². The molecule has 4 nitrogen and oxygen atoms in total. The van der Waals surface area contributed by atoms with Crippen LogP contribution in [0.2, 0.25) is 0 Å². The molecular weight excluding hydrogens is 314 g/mol. The molecule has 0 aromatic heterocycles. The minimum absolute atomic E-state index is 0.183. The van der Waals surface area contributed by atoms with Crippen LogP contribution >= 0.6 is 0 Å². The fraction of sp³-hybridized carbons (Fsp3) is 0.222. The molecule has 0 aliphatic heterocycles. The Morgan fingerprint density at radius 2 is 1.62 bits per heavy atom. The van der Waals surface area contributed by atoms with E-state index in [1.165, 1.54) is 13.8 Å². The quantitative estimate of drug-likeness (QED) is 0.835. The second-order valence-electron chi connectivity index (χ2n) is 6.03. The minimum atomic E-state index is -1.45. The summed E-state index contributed by atoms with van der Waals surface area (Å²) in [5.41, 5.74) is -0.111. The third kappa shape index (κ3) is 3.95. The average Bonchev–Trinajstić information content (AvgIpc) is 2.49. The minimum Gasteiger partial charge on any atom is -0.325 e. The molecular formula is C18H18F2N2O2. The molecule has 2 rings (SSSR count). The van der Waals surface area contributed by atoms with Crippen LogP contribution in [0.3, 0.4) is 0 Å². The molecule has 0 bridgehead atoms. The van der Waals surface area contributed by atoms with Crippen LogP contribution in [0, 0.1) is 24.0 Å². The summed E-state index contributed by atoms with van der Waals surface area (Å²) in [7, 11) is 0. The molecule has 0 atom stereocenters. The van der Waals surface area contributed by atoms with Gasteiger partial charge in [-0.1, -0.05) is 12.1 Å². The monoisotopic (exact) mass is 332 g/mol. The Morgan fingerprint density at radius 1 is 0.958 bits per heavy atom. The second kappa shape index (κ2) is 6.78. The number of hydrogen-bond acceptors (Lipinski definition) is 2. The van der Waals surface area contributed by atoms with Crippen LogP contribution < -0.4 is 10.6 Å². The Bertz CT molecular complexity index is 788. The van der Waals surface area contributed by atoms with E-state index >= 15 is 0 Å². The summed E-state index contributed by atoms with van der Waals surface area (Å²) in [6, 6.07) is 9.94. The van der Waals surface area contributed by atoms with Gasteiger partial charge >= 0.3 is 0 Å². The SMILES string of the molecule is Cc1cccc(NC(=O)C(C)(C)C(=O)Nc2ccc(F)cc2F)c1. The molecule has 2 aromatic carbocycles. The molecule has 2 aromatic rings. The van der Waals surface area contributed by atoms with E-state index in [-0.39, 0.29) is 5.69 Å². The Morgan fingerprint density at radius 3 is 2.25 bits per heavy atom. The van der Waals surface area contributed by atoms with Gasteiger partial charge in [-0.2, -0.15) is 0 Å². The molecule has 0 radical (unpaired) electrons. The molecule has 2 amide bonds. The van der Waals surface area contributed by atoms with Crippen molar-refractivity contribution in [2.45, 2.75) is 20.8 Å². The fourth-order valence-electron chi connectivity index (χ4n) is 1.98. The van der Waals surface area contributed by atoms with E-state index < -0.39 is 28.9 Å². The lowest BCUT2D eigenvalue weighted by atomic mass is 9.90. The van der Waals surface area contributed by atoms with E-state index in [0.717, 1.165) is 17.7 Å². The van der Waals surface area contributed by atoms with Crippen molar-refractivity contribution in [3.63, 3.8) is 0 Å². The highest BCUT2D eigenvalue weighted by atomic mass is 19.1. The number of halogens is 2. The van der Waals surface area contributed by atoms with E-state index in [1.807, 2.05) is 13.0 Å². The van der Waals surface area contributed by atoms with Gasteiger partial charge in [0.15, 0.2) is 0 Å². The van der Waals surface area contributed by atoms with Crippen LogP contribution in [-0.2, 0) is 9.59 Å². The smallest absolute Gasteiger partial charge is 0.239 e. The van der Waals surface area contributed by atoms with Gasteiger partial charge in [0.25, 0.3) is 0 Å². The number of aryl methyl sites for hydroxylation is 1. The van der Waals surface area contributed by atoms with Gasteiger partial charge in [0.1, 0.15) is 17.0 Å². The average molecular weight is 332 g/mol. The lowest BCUT2D eigenvalue weighted by Gasteiger charge is -2.23. The number of nitrogens with one attached hydrogen (secondary N) is 2. The summed E-state index contributed by atoms with van der Waals surface area (Å²) in [4.78, 5) is 24.7. The van der Waals surface area contributed by atoms with Crippen molar-refractivity contribution in [2.75, 3.05) is 10.6 Å². The van der Waals surface area contributed by atoms with Gasteiger partial charge in [-0.25, -0.2) is 8.78 Å². The number of benzene rings is 2. The molecule has 0 unspecified atom stereocenters. The maximum atomic E-state index is 13.6. The Labute approximate surface area is 138 Å². The molecule has 0 saturated carbocycles. The zero-order valence-electron chi connectivity index (χ0n) is 13.6.